The van der Waals surface area contributed by atoms with E-state index in [2.05, 4.69) is 31.0 Å². The van der Waals surface area contributed by atoms with Crippen molar-refractivity contribution in [3.63, 3.8) is 0 Å². The van der Waals surface area contributed by atoms with Crippen molar-refractivity contribution in [2.75, 3.05) is 13.1 Å². The van der Waals surface area contributed by atoms with Crippen LogP contribution in [0.5, 0.6) is 0 Å². The molecule has 0 saturated carbocycles. The monoisotopic (exact) mass is 224 g/mol. The minimum atomic E-state index is -0.153. The van der Waals surface area contributed by atoms with Gasteiger partial charge in [-0.3, -0.25) is 4.79 Å². The van der Waals surface area contributed by atoms with Gasteiger partial charge < -0.3 is 10.2 Å². The summed E-state index contributed by atoms with van der Waals surface area (Å²) >= 11 is 0. The molecule has 1 N–H and O–H groups in total. The van der Waals surface area contributed by atoms with E-state index in [4.69, 9.17) is 0 Å². The molecular formula is C13H24N2O. The fraction of sp³-hybridized carbons (Fsp3) is 0.923. The summed E-state index contributed by atoms with van der Waals surface area (Å²) in [5, 5.41) is 3.31. The van der Waals surface area contributed by atoms with Gasteiger partial charge in [0.2, 0.25) is 5.91 Å². The smallest absolute Gasteiger partial charge is 0.230 e. The second kappa shape index (κ2) is 4.36. The normalized spacial score (nSPS) is 40.1. The maximum absolute atomic E-state index is 12.6. The summed E-state index contributed by atoms with van der Waals surface area (Å²) in [5.74, 6) is 0.372. The van der Waals surface area contributed by atoms with Gasteiger partial charge >= 0.3 is 0 Å². The summed E-state index contributed by atoms with van der Waals surface area (Å²) in [4.78, 5) is 14.8. The second-order valence-corrected chi connectivity index (χ2v) is 5.83. The number of carbonyl (C=O) groups excluding carboxylic acids is 1. The van der Waals surface area contributed by atoms with Crippen LogP contribution < -0.4 is 5.32 Å². The van der Waals surface area contributed by atoms with Gasteiger partial charge in [0, 0.05) is 18.6 Å². The van der Waals surface area contributed by atoms with Crippen molar-refractivity contribution in [2.24, 2.45) is 5.41 Å². The third kappa shape index (κ3) is 1.97. The first kappa shape index (κ1) is 11.9. The topological polar surface area (TPSA) is 32.3 Å². The molecule has 2 rings (SSSR count). The Hall–Kier alpha value is -0.570. The second-order valence-electron chi connectivity index (χ2n) is 5.83. The number of amides is 1. The molecule has 3 atom stereocenters. The van der Waals surface area contributed by atoms with E-state index in [1.165, 1.54) is 19.3 Å². The van der Waals surface area contributed by atoms with Crippen molar-refractivity contribution in [3.05, 3.63) is 0 Å². The molecule has 1 amide bonds. The van der Waals surface area contributed by atoms with Crippen molar-refractivity contribution >= 4 is 5.91 Å². The van der Waals surface area contributed by atoms with E-state index in [9.17, 15) is 4.79 Å². The van der Waals surface area contributed by atoms with Gasteiger partial charge in [0.1, 0.15) is 0 Å². The number of hydrogen-bond donors (Lipinski definition) is 1. The van der Waals surface area contributed by atoms with Gasteiger partial charge in [-0.25, -0.2) is 0 Å². The highest BCUT2D eigenvalue weighted by Crippen LogP contribution is 2.32. The predicted molar refractivity (Wildman–Crippen MR) is 65.2 cm³/mol. The van der Waals surface area contributed by atoms with E-state index >= 15 is 0 Å². The van der Waals surface area contributed by atoms with Crippen molar-refractivity contribution < 1.29 is 4.79 Å². The summed E-state index contributed by atoms with van der Waals surface area (Å²) in [6, 6.07) is 0.849. The highest BCUT2D eigenvalue weighted by Gasteiger charge is 2.42. The van der Waals surface area contributed by atoms with Gasteiger partial charge in [0.05, 0.1) is 5.41 Å². The molecule has 2 heterocycles. The Kier molecular flexibility index (Phi) is 3.24. The molecule has 3 nitrogen and oxygen atoms in total. The van der Waals surface area contributed by atoms with E-state index in [1.807, 2.05) is 0 Å². The number of nitrogens with one attached hydrogen (secondary N) is 1. The molecule has 92 valence electrons. The highest BCUT2D eigenvalue weighted by molar-refractivity contribution is 5.83. The minimum absolute atomic E-state index is 0.153. The van der Waals surface area contributed by atoms with E-state index in [-0.39, 0.29) is 5.41 Å². The van der Waals surface area contributed by atoms with Crippen molar-refractivity contribution in [1.82, 2.24) is 10.2 Å². The quantitative estimate of drug-likeness (QED) is 0.736. The van der Waals surface area contributed by atoms with Crippen LogP contribution in [-0.4, -0.2) is 36.0 Å². The molecule has 2 fully saturated rings. The van der Waals surface area contributed by atoms with Gasteiger partial charge in [-0.05, 0) is 53.0 Å². The van der Waals surface area contributed by atoms with Crippen molar-refractivity contribution in [1.29, 1.82) is 0 Å². The molecule has 2 saturated heterocycles. The number of carbonyl (C=O) groups is 1. The molecule has 0 aromatic carbocycles. The average Bonchev–Trinajstić information content (AvgIpc) is 2.66. The Bertz CT molecular complexity index is 261. The van der Waals surface area contributed by atoms with E-state index < -0.39 is 0 Å². The van der Waals surface area contributed by atoms with Crippen LogP contribution in [0, 0.1) is 5.41 Å². The van der Waals surface area contributed by atoms with Crippen LogP contribution in [0.3, 0.4) is 0 Å². The molecule has 3 unspecified atom stereocenters. The van der Waals surface area contributed by atoms with Crippen LogP contribution in [0.2, 0.25) is 0 Å². The van der Waals surface area contributed by atoms with Gasteiger partial charge in [-0.15, -0.1) is 0 Å². The molecule has 0 aromatic heterocycles. The zero-order chi connectivity index (χ0) is 11.8. The lowest BCUT2D eigenvalue weighted by molar-refractivity contribution is -0.146. The van der Waals surface area contributed by atoms with Crippen LogP contribution in [0.1, 0.15) is 46.5 Å². The lowest BCUT2D eigenvalue weighted by atomic mass is 9.85. The molecule has 0 aliphatic carbocycles. The highest BCUT2D eigenvalue weighted by atomic mass is 16.2. The van der Waals surface area contributed by atoms with E-state index in [0.717, 1.165) is 19.5 Å². The molecule has 16 heavy (non-hydrogen) atoms. The number of hydrogen-bond acceptors (Lipinski definition) is 2. The molecule has 0 radical (unpaired) electrons. The zero-order valence-electron chi connectivity index (χ0n) is 10.8. The van der Waals surface area contributed by atoms with Gasteiger partial charge in [-0.2, -0.15) is 0 Å². The van der Waals surface area contributed by atoms with Gasteiger partial charge in [0.15, 0.2) is 0 Å². The lowest BCUT2D eigenvalue weighted by Crippen LogP contribution is -2.53. The largest absolute Gasteiger partial charge is 0.337 e. The molecule has 0 spiro atoms. The summed E-state index contributed by atoms with van der Waals surface area (Å²) in [7, 11) is 0. The van der Waals surface area contributed by atoms with Crippen LogP contribution >= 0.6 is 0 Å². The van der Waals surface area contributed by atoms with Crippen molar-refractivity contribution in [2.45, 2.75) is 58.5 Å². The lowest BCUT2D eigenvalue weighted by Gasteiger charge is -2.43. The summed E-state index contributed by atoms with van der Waals surface area (Å²) in [5.41, 5.74) is -0.153. The van der Waals surface area contributed by atoms with E-state index in [0.29, 0.717) is 18.0 Å². The molecule has 2 aliphatic heterocycles. The Morgan fingerprint density at radius 3 is 2.44 bits per heavy atom. The number of piperidine rings is 1. The fourth-order valence-electron chi connectivity index (χ4n) is 3.13. The first-order valence-corrected chi connectivity index (χ1v) is 6.58. The van der Waals surface area contributed by atoms with Gasteiger partial charge in [0.25, 0.3) is 0 Å². The third-order valence-electron chi connectivity index (χ3n) is 4.31. The summed E-state index contributed by atoms with van der Waals surface area (Å²) in [6.07, 6.45) is 4.59. The Balaban J connectivity index is 2.12. The Morgan fingerprint density at radius 2 is 1.94 bits per heavy atom. The third-order valence-corrected chi connectivity index (χ3v) is 4.31. The first-order chi connectivity index (χ1) is 7.54. The van der Waals surface area contributed by atoms with Crippen LogP contribution in [0.15, 0.2) is 0 Å². The Labute approximate surface area is 98.6 Å². The standard InChI is InChI=1S/C13H24N2O/c1-10-5-4-6-11(2)15(10)12(16)13(3)7-8-14-9-13/h10-11,14H,4-9H2,1-3H3. The summed E-state index contributed by atoms with van der Waals surface area (Å²) < 4.78 is 0. The SMILES string of the molecule is CC1CCCC(C)N1C(=O)C1(C)CCNC1. The zero-order valence-corrected chi connectivity index (χ0v) is 10.8. The van der Waals surface area contributed by atoms with Gasteiger partial charge in [-0.1, -0.05) is 0 Å². The Morgan fingerprint density at radius 1 is 1.31 bits per heavy atom. The van der Waals surface area contributed by atoms with E-state index in [1.54, 1.807) is 0 Å². The predicted octanol–water partition coefficient (Wildman–Crippen LogP) is 1.78. The molecule has 3 heteroatoms. The maximum Gasteiger partial charge on any atom is 0.230 e. The van der Waals surface area contributed by atoms with Crippen LogP contribution in [0.4, 0.5) is 0 Å². The molecular weight excluding hydrogens is 200 g/mol. The van der Waals surface area contributed by atoms with Crippen LogP contribution in [0.25, 0.3) is 0 Å². The molecule has 0 aromatic rings. The number of likely N-dealkylation sites (tertiary alicyclic amines) is 1. The van der Waals surface area contributed by atoms with Crippen molar-refractivity contribution in [3.8, 4) is 0 Å². The first-order valence-electron chi connectivity index (χ1n) is 6.58. The average molecular weight is 224 g/mol. The molecule has 2 aliphatic rings. The minimum Gasteiger partial charge on any atom is -0.337 e. The fourth-order valence-corrected chi connectivity index (χ4v) is 3.13. The number of rotatable bonds is 1. The van der Waals surface area contributed by atoms with Crippen LogP contribution in [-0.2, 0) is 4.79 Å². The summed E-state index contributed by atoms with van der Waals surface area (Å²) in [6.45, 7) is 8.34. The number of nitrogens with zero attached hydrogens (tertiary/aromatic N) is 1. The molecule has 0 bridgehead atoms. The maximum atomic E-state index is 12.6.